The summed E-state index contributed by atoms with van der Waals surface area (Å²) in [6, 6.07) is 13.2. The Balaban J connectivity index is 1.88. The molecule has 0 saturated carbocycles. The van der Waals surface area contributed by atoms with E-state index in [2.05, 4.69) is 22.0 Å². The summed E-state index contributed by atoms with van der Waals surface area (Å²) in [6.07, 6.45) is 0. The van der Waals surface area contributed by atoms with Crippen molar-refractivity contribution in [1.29, 1.82) is 0 Å². The number of nitro groups is 1. The molecule has 2 aromatic carbocycles. The third kappa shape index (κ3) is 3.89. The lowest BCUT2D eigenvalue weighted by molar-refractivity contribution is -0.385. The molecule has 0 bridgehead atoms. The first-order valence-corrected chi connectivity index (χ1v) is 8.88. The van der Waals surface area contributed by atoms with Gasteiger partial charge in [-0.15, -0.1) is 11.3 Å². The van der Waals surface area contributed by atoms with E-state index < -0.39 is 4.92 Å². The fraction of sp³-hybridized carbons (Fsp3) is 0.211. The van der Waals surface area contributed by atoms with Crippen molar-refractivity contribution in [3.05, 3.63) is 63.5 Å². The van der Waals surface area contributed by atoms with Crippen LogP contribution < -0.4 is 4.74 Å². The summed E-state index contributed by atoms with van der Waals surface area (Å²) in [7, 11) is 5.49. The van der Waals surface area contributed by atoms with Crippen molar-refractivity contribution >= 4 is 17.0 Å². The highest BCUT2D eigenvalue weighted by atomic mass is 32.1. The molecule has 0 aliphatic heterocycles. The molecule has 0 spiro atoms. The van der Waals surface area contributed by atoms with Crippen LogP contribution in [0.4, 0.5) is 5.69 Å². The summed E-state index contributed by atoms with van der Waals surface area (Å²) in [6.45, 7) is 0.887. The van der Waals surface area contributed by atoms with E-state index in [-0.39, 0.29) is 11.4 Å². The van der Waals surface area contributed by atoms with E-state index in [4.69, 9.17) is 4.74 Å². The van der Waals surface area contributed by atoms with Gasteiger partial charge in [0, 0.05) is 29.1 Å². The molecule has 0 saturated heterocycles. The summed E-state index contributed by atoms with van der Waals surface area (Å²) < 4.78 is 5.05. The molecule has 6 nitrogen and oxygen atoms in total. The fourth-order valence-corrected chi connectivity index (χ4v) is 3.48. The number of benzene rings is 2. The summed E-state index contributed by atoms with van der Waals surface area (Å²) in [4.78, 5) is 17.5. The highest BCUT2D eigenvalue weighted by Crippen LogP contribution is 2.35. The number of methoxy groups -OCH3 is 1. The third-order valence-electron chi connectivity index (χ3n) is 3.88. The SMILES string of the molecule is COc1ccc(-c2nc(-c3ccc(CN(C)C)cc3)cs2)cc1[N+](=O)[O-]. The average molecular weight is 369 g/mol. The van der Waals surface area contributed by atoms with Gasteiger partial charge in [-0.3, -0.25) is 10.1 Å². The molecule has 134 valence electrons. The zero-order chi connectivity index (χ0) is 18.7. The van der Waals surface area contributed by atoms with Gasteiger partial charge < -0.3 is 9.64 Å². The van der Waals surface area contributed by atoms with Crippen molar-refractivity contribution in [3.63, 3.8) is 0 Å². The minimum Gasteiger partial charge on any atom is -0.490 e. The molecule has 0 fully saturated rings. The normalized spacial score (nSPS) is 10.9. The van der Waals surface area contributed by atoms with E-state index in [9.17, 15) is 10.1 Å². The molecule has 0 atom stereocenters. The monoisotopic (exact) mass is 369 g/mol. The minimum absolute atomic E-state index is 0.0604. The third-order valence-corrected chi connectivity index (χ3v) is 4.77. The number of hydrogen-bond donors (Lipinski definition) is 0. The van der Waals surface area contributed by atoms with E-state index in [0.29, 0.717) is 5.56 Å². The number of rotatable bonds is 6. The second-order valence-corrected chi connectivity index (χ2v) is 6.97. The fourth-order valence-electron chi connectivity index (χ4n) is 2.65. The second-order valence-electron chi connectivity index (χ2n) is 6.12. The van der Waals surface area contributed by atoms with E-state index in [0.717, 1.165) is 22.8 Å². The zero-order valence-electron chi connectivity index (χ0n) is 14.8. The minimum atomic E-state index is -0.444. The van der Waals surface area contributed by atoms with Gasteiger partial charge in [-0.1, -0.05) is 24.3 Å². The summed E-state index contributed by atoms with van der Waals surface area (Å²) >= 11 is 1.46. The summed E-state index contributed by atoms with van der Waals surface area (Å²) in [5.41, 5.74) is 3.77. The molecule has 7 heteroatoms. The van der Waals surface area contributed by atoms with Gasteiger partial charge in [0.25, 0.3) is 0 Å². The molecule has 0 N–H and O–H groups in total. The van der Waals surface area contributed by atoms with Crippen LogP contribution in [0, 0.1) is 10.1 Å². The van der Waals surface area contributed by atoms with Crippen LogP contribution in [0.25, 0.3) is 21.8 Å². The largest absolute Gasteiger partial charge is 0.490 e. The number of nitrogens with zero attached hydrogens (tertiary/aromatic N) is 3. The van der Waals surface area contributed by atoms with Gasteiger partial charge in [-0.05, 0) is 31.8 Å². The Morgan fingerprint density at radius 1 is 1.15 bits per heavy atom. The van der Waals surface area contributed by atoms with E-state index in [1.54, 1.807) is 12.1 Å². The van der Waals surface area contributed by atoms with Gasteiger partial charge in [0.15, 0.2) is 5.75 Å². The molecular weight excluding hydrogens is 350 g/mol. The van der Waals surface area contributed by atoms with Crippen molar-refractivity contribution in [2.24, 2.45) is 0 Å². The standard InChI is InChI=1S/C19H19N3O3S/c1-21(2)11-13-4-6-14(7-5-13)16-12-26-19(20-16)15-8-9-18(25-3)17(10-15)22(23)24/h4-10,12H,11H2,1-3H3. The summed E-state index contributed by atoms with van der Waals surface area (Å²) in [5.74, 6) is 0.243. The Kier molecular flexibility index (Phi) is 5.29. The topological polar surface area (TPSA) is 68.5 Å². The molecule has 0 aliphatic rings. The van der Waals surface area contributed by atoms with Crippen molar-refractivity contribution in [2.75, 3.05) is 21.2 Å². The highest BCUT2D eigenvalue weighted by Gasteiger charge is 2.17. The Hall–Kier alpha value is -2.77. The summed E-state index contributed by atoms with van der Waals surface area (Å²) in [5, 5.41) is 13.9. The lowest BCUT2D eigenvalue weighted by atomic mass is 10.1. The Morgan fingerprint density at radius 3 is 2.46 bits per heavy atom. The Labute approximate surface area is 155 Å². The number of thiazole rings is 1. The van der Waals surface area contributed by atoms with Crippen LogP contribution in [0.2, 0.25) is 0 Å². The predicted molar refractivity (Wildman–Crippen MR) is 104 cm³/mol. The van der Waals surface area contributed by atoms with E-state index in [1.807, 2.05) is 31.6 Å². The molecule has 0 unspecified atom stereocenters. The van der Waals surface area contributed by atoms with Gasteiger partial charge in [-0.2, -0.15) is 0 Å². The van der Waals surface area contributed by atoms with Gasteiger partial charge in [0.05, 0.1) is 17.7 Å². The molecule has 1 heterocycles. The number of nitro benzene ring substituents is 1. The van der Waals surface area contributed by atoms with Crippen LogP contribution in [0.3, 0.4) is 0 Å². The van der Waals surface area contributed by atoms with Gasteiger partial charge in [0.1, 0.15) is 5.01 Å². The molecule has 3 rings (SSSR count). The van der Waals surface area contributed by atoms with Crippen molar-refractivity contribution in [3.8, 4) is 27.6 Å². The molecule has 1 aromatic heterocycles. The number of ether oxygens (including phenoxy) is 1. The van der Waals surface area contributed by atoms with E-state index in [1.165, 1.54) is 30.1 Å². The molecule has 0 aliphatic carbocycles. The molecular formula is C19H19N3O3S. The van der Waals surface area contributed by atoms with Gasteiger partial charge >= 0.3 is 5.69 Å². The maximum atomic E-state index is 11.2. The molecule has 3 aromatic rings. The smallest absolute Gasteiger partial charge is 0.311 e. The van der Waals surface area contributed by atoms with Crippen LogP contribution in [0.1, 0.15) is 5.56 Å². The zero-order valence-corrected chi connectivity index (χ0v) is 15.6. The van der Waals surface area contributed by atoms with Crippen molar-refractivity contribution in [1.82, 2.24) is 9.88 Å². The maximum absolute atomic E-state index is 11.2. The van der Waals surface area contributed by atoms with Crippen molar-refractivity contribution in [2.45, 2.75) is 6.54 Å². The first-order chi connectivity index (χ1) is 12.5. The Morgan fingerprint density at radius 2 is 1.85 bits per heavy atom. The molecule has 0 radical (unpaired) electrons. The first-order valence-electron chi connectivity index (χ1n) is 8.00. The van der Waals surface area contributed by atoms with Crippen LogP contribution in [0.15, 0.2) is 47.8 Å². The quantitative estimate of drug-likeness (QED) is 0.474. The number of hydrogen-bond acceptors (Lipinski definition) is 6. The van der Waals surface area contributed by atoms with Crippen LogP contribution in [0.5, 0.6) is 5.75 Å². The highest BCUT2D eigenvalue weighted by molar-refractivity contribution is 7.13. The van der Waals surface area contributed by atoms with Gasteiger partial charge in [-0.25, -0.2) is 4.98 Å². The Bertz CT molecular complexity index is 920. The van der Waals surface area contributed by atoms with Gasteiger partial charge in [0.2, 0.25) is 0 Å². The average Bonchev–Trinajstić information content (AvgIpc) is 3.11. The first kappa shape index (κ1) is 18.0. The predicted octanol–water partition coefficient (Wildman–Crippen LogP) is 4.46. The van der Waals surface area contributed by atoms with E-state index >= 15 is 0 Å². The second kappa shape index (κ2) is 7.63. The van der Waals surface area contributed by atoms with Crippen LogP contribution in [-0.2, 0) is 6.54 Å². The number of aromatic nitrogens is 1. The maximum Gasteiger partial charge on any atom is 0.311 e. The van der Waals surface area contributed by atoms with Crippen molar-refractivity contribution < 1.29 is 9.66 Å². The van der Waals surface area contributed by atoms with Crippen LogP contribution in [-0.4, -0.2) is 36.0 Å². The van der Waals surface area contributed by atoms with Crippen LogP contribution >= 0.6 is 11.3 Å². The molecule has 0 amide bonds. The molecule has 26 heavy (non-hydrogen) atoms. The lowest BCUT2D eigenvalue weighted by Gasteiger charge is -2.09. The lowest BCUT2D eigenvalue weighted by Crippen LogP contribution is -2.10.